The molecule has 1 fully saturated rings. The number of carbonyl (C=O) groups excluding carboxylic acids is 1. The lowest BCUT2D eigenvalue weighted by molar-refractivity contribution is -0.141. The first kappa shape index (κ1) is 23.2. The van der Waals surface area contributed by atoms with Crippen molar-refractivity contribution in [2.24, 2.45) is 0 Å². The third-order valence-electron chi connectivity index (χ3n) is 4.33. The molecule has 0 spiro atoms. The number of hydrogen-bond donors (Lipinski definition) is 2. The molecule has 2 aromatic heterocycles. The Balaban J connectivity index is 0.000000582. The van der Waals surface area contributed by atoms with Crippen LogP contribution < -0.4 is 0 Å². The molecule has 154 valence electrons. The van der Waals surface area contributed by atoms with Gasteiger partial charge in [-0.25, -0.2) is 9.97 Å². The predicted molar refractivity (Wildman–Crippen MR) is 103 cm³/mol. The summed E-state index contributed by atoms with van der Waals surface area (Å²) in [6, 6.07) is 0. The van der Waals surface area contributed by atoms with Crippen molar-refractivity contribution in [1.82, 2.24) is 24.3 Å². The zero-order valence-electron chi connectivity index (χ0n) is 15.8. The summed E-state index contributed by atoms with van der Waals surface area (Å²) in [5.74, 6) is 0.152. The number of imidazole rings is 1. The van der Waals surface area contributed by atoms with Gasteiger partial charge in [0.05, 0.1) is 12.9 Å². The van der Waals surface area contributed by atoms with Crippen LogP contribution in [0.1, 0.15) is 17.8 Å². The minimum Gasteiger partial charge on any atom is -0.483 e. The quantitative estimate of drug-likeness (QED) is 0.708. The van der Waals surface area contributed by atoms with Crippen molar-refractivity contribution in [1.29, 1.82) is 0 Å². The minimum absolute atomic E-state index is 0.152. The van der Waals surface area contributed by atoms with E-state index in [-0.39, 0.29) is 18.9 Å². The maximum absolute atomic E-state index is 12.8. The topological polar surface area (TPSA) is 129 Å². The van der Waals surface area contributed by atoms with E-state index in [4.69, 9.17) is 19.8 Å². The van der Waals surface area contributed by atoms with Crippen molar-refractivity contribution in [3.05, 3.63) is 35.3 Å². The number of carbonyl (C=O) groups is 3. The highest BCUT2D eigenvalue weighted by molar-refractivity contribution is 7.09. The molecule has 1 aliphatic rings. The van der Waals surface area contributed by atoms with Gasteiger partial charge in [0.1, 0.15) is 10.5 Å². The molecule has 2 N–H and O–H groups in total. The normalized spacial score (nSPS) is 15.2. The lowest BCUT2D eigenvalue weighted by Gasteiger charge is -2.42. The van der Waals surface area contributed by atoms with Gasteiger partial charge in [0, 0.05) is 51.2 Å². The lowest BCUT2D eigenvalue weighted by atomic mass is 9.85. The second-order valence-electron chi connectivity index (χ2n) is 6.11. The number of piperidine rings is 1. The number of thiazole rings is 1. The van der Waals surface area contributed by atoms with Crippen LogP contribution in [0, 0.1) is 0 Å². The Morgan fingerprint density at radius 2 is 1.86 bits per heavy atom. The molecule has 0 saturated carbocycles. The number of rotatable bonds is 4. The Bertz CT molecular complexity index is 692. The molecule has 0 aromatic carbocycles. The van der Waals surface area contributed by atoms with Crippen LogP contribution in [0.4, 0.5) is 0 Å². The van der Waals surface area contributed by atoms with E-state index >= 15 is 0 Å². The highest BCUT2D eigenvalue weighted by Crippen LogP contribution is 2.32. The van der Waals surface area contributed by atoms with E-state index in [1.165, 1.54) is 0 Å². The van der Waals surface area contributed by atoms with Gasteiger partial charge < -0.3 is 19.7 Å². The van der Waals surface area contributed by atoms with Crippen LogP contribution in [0.15, 0.2) is 30.3 Å². The monoisotopic (exact) mass is 411 g/mol. The van der Waals surface area contributed by atoms with E-state index in [1.807, 2.05) is 36.4 Å². The van der Waals surface area contributed by atoms with E-state index < -0.39 is 5.54 Å². The average Bonchev–Trinajstić information content (AvgIpc) is 3.37. The number of likely N-dealkylation sites (tertiary alicyclic amines) is 1. The number of hydrogen-bond acceptors (Lipinski definition) is 7. The van der Waals surface area contributed by atoms with Gasteiger partial charge in [-0.05, 0) is 12.8 Å². The molecule has 1 amide bonds. The van der Waals surface area contributed by atoms with Crippen molar-refractivity contribution in [3.8, 4) is 0 Å². The summed E-state index contributed by atoms with van der Waals surface area (Å²) >= 11 is 1.68. The number of carboxylic acid groups (broad SMARTS) is 2. The third-order valence-corrected chi connectivity index (χ3v) is 5.09. The van der Waals surface area contributed by atoms with Crippen molar-refractivity contribution in [2.75, 3.05) is 27.2 Å². The number of aromatic nitrogens is 3. The highest BCUT2D eigenvalue weighted by atomic mass is 32.1. The summed E-state index contributed by atoms with van der Waals surface area (Å²) in [5.41, 5.74) is -0.501. The molecule has 10 nitrogen and oxygen atoms in total. The fourth-order valence-electron chi connectivity index (χ4n) is 3.11. The fourth-order valence-corrected chi connectivity index (χ4v) is 3.77. The highest BCUT2D eigenvalue weighted by Gasteiger charge is 2.43. The van der Waals surface area contributed by atoms with Crippen LogP contribution in [0.25, 0.3) is 0 Å². The number of amides is 1. The lowest BCUT2D eigenvalue weighted by Crippen LogP contribution is -2.54. The van der Waals surface area contributed by atoms with Gasteiger partial charge >= 0.3 is 0 Å². The smallest absolute Gasteiger partial charge is 0.290 e. The van der Waals surface area contributed by atoms with Gasteiger partial charge in [0.15, 0.2) is 0 Å². The Morgan fingerprint density at radius 3 is 2.29 bits per heavy atom. The third kappa shape index (κ3) is 6.13. The molecule has 1 saturated heterocycles. The average molecular weight is 411 g/mol. The second kappa shape index (κ2) is 11.8. The van der Waals surface area contributed by atoms with Gasteiger partial charge in [-0.1, -0.05) is 0 Å². The summed E-state index contributed by atoms with van der Waals surface area (Å²) in [7, 11) is 3.64. The SMILES string of the molecule is CN(C)C(=O)C1(n2ccnc2)CCN(Cc2nccs2)CC1.O=CO.O=CO. The molecule has 1 aliphatic heterocycles. The molecule has 28 heavy (non-hydrogen) atoms. The molecule has 0 unspecified atom stereocenters. The largest absolute Gasteiger partial charge is 0.483 e. The summed E-state index contributed by atoms with van der Waals surface area (Å²) in [6.45, 7) is 2.14. The summed E-state index contributed by atoms with van der Waals surface area (Å²) in [4.78, 5) is 42.1. The summed E-state index contributed by atoms with van der Waals surface area (Å²) in [6.07, 6.45) is 8.84. The summed E-state index contributed by atoms with van der Waals surface area (Å²) < 4.78 is 1.98. The van der Waals surface area contributed by atoms with Crippen LogP contribution in [0.2, 0.25) is 0 Å². The van der Waals surface area contributed by atoms with E-state index in [9.17, 15) is 4.79 Å². The van der Waals surface area contributed by atoms with Crippen molar-refractivity contribution < 1.29 is 24.6 Å². The van der Waals surface area contributed by atoms with Crippen LogP contribution in [-0.2, 0) is 26.5 Å². The number of likely N-dealkylation sites (N-methyl/N-ethyl adjacent to an activating group) is 1. The number of nitrogens with zero attached hydrogens (tertiary/aromatic N) is 5. The van der Waals surface area contributed by atoms with E-state index in [0.29, 0.717) is 0 Å². The second-order valence-corrected chi connectivity index (χ2v) is 7.09. The zero-order valence-corrected chi connectivity index (χ0v) is 16.7. The van der Waals surface area contributed by atoms with Crippen molar-refractivity contribution in [3.63, 3.8) is 0 Å². The molecular weight excluding hydrogens is 386 g/mol. The van der Waals surface area contributed by atoms with Crippen molar-refractivity contribution >= 4 is 30.2 Å². The van der Waals surface area contributed by atoms with Crippen molar-refractivity contribution in [2.45, 2.75) is 24.9 Å². The Hall–Kier alpha value is -2.79. The maximum atomic E-state index is 12.8. The van der Waals surface area contributed by atoms with Gasteiger partial charge in [-0.2, -0.15) is 0 Å². The first-order chi connectivity index (χ1) is 13.4. The minimum atomic E-state index is -0.501. The van der Waals surface area contributed by atoms with E-state index in [1.54, 1.807) is 28.8 Å². The molecular formula is C17H25N5O5S. The molecule has 0 radical (unpaired) electrons. The molecule has 0 atom stereocenters. The Kier molecular flexibility index (Phi) is 9.82. The Labute approximate surface area is 167 Å². The Morgan fingerprint density at radius 1 is 1.25 bits per heavy atom. The first-order valence-electron chi connectivity index (χ1n) is 8.41. The van der Waals surface area contributed by atoms with Gasteiger partial charge in [0.25, 0.3) is 12.9 Å². The van der Waals surface area contributed by atoms with Crippen LogP contribution in [0.5, 0.6) is 0 Å². The van der Waals surface area contributed by atoms with E-state index in [2.05, 4.69) is 14.9 Å². The zero-order chi connectivity index (χ0) is 21.0. The predicted octanol–water partition coefficient (Wildman–Crippen LogP) is 0.821. The first-order valence-corrected chi connectivity index (χ1v) is 9.29. The molecule has 3 rings (SSSR count). The van der Waals surface area contributed by atoms with Crippen LogP contribution in [0.3, 0.4) is 0 Å². The standard InChI is InChI=1S/C15H21N5OS.2CH2O2/c1-18(2)14(21)15(20-9-5-16-12-20)3-7-19(8-4-15)11-13-17-6-10-22-13;2*2-1-3/h5-6,9-10,12H,3-4,7-8,11H2,1-2H3;2*1H,(H,2,3). The van der Waals surface area contributed by atoms with E-state index in [0.717, 1.165) is 37.5 Å². The fraction of sp³-hybridized carbons (Fsp3) is 0.471. The van der Waals surface area contributed by atoms with Gasteiger partial charge in [-0.3, -0.25) is 19.3 Å². The van der Waals surface area contributed by atoms with Crippen LogP contribution in [-0.4, -0.2) is 80.6 Å². The molecule has 0 bridgehead atoms. The summed E-state index contributed by atoms with van der Waals surface area (Å²) in [5, 5.41) is 16.9. The van der Waals surface area contributed by atoms with Gasteiger partial charge in [0.2, 0.25) is 5.91 Å². The van der Waals surface area contributed by atoms with Crippen LogP contribution >= 0.6 is 11.3 Å². The van der Waals surface area contributed by atoms with Gasteiger partial charge in [-0.15, -0.1) is 11.3 Å². The molecule has 3 heterocycles. The molecule has 11 heteroatoms. The molecule has 2 aromatic rings. The molecule has 0 aliphatic carbocycles. The maximum Gasteiger partial charge on any atom is 0.290 e.